The maximum absolute atomic E-state index is 4.32. The second kappa shape index (κ2) is 2.90. The summed E-state index contributed by atoms with van der Waals surface area (Å²) in [5, 5.41) is 4.58. The van der Waals surface area contributed by atoms with Crippen molar-refractivity contribution in [2.75, 3.05) is 13.2 Å². The minimum Gasteiger partial charge on any atom is -0.289 e. The van der Waals surface area contributed by atoms with Crippen molar-refractivity contribution >= 4 is 17.0 Å². The van der Waals surface area contributed by atoms with Crippen molar-refractivity contribution < 1.29 is 0 Å². The van der Waals surface area contributed by atoms with Gasteiger partial charge in [0.1, 0.15) is 5.04 Å². The minimum absolute atomic E-state index is 0.556. The third-order valence-corrected chi connectivity index (χ3v) is 2.79. The molecule has 0 radical (unpaired) electrons. The molecule has 2 aliphatic heterocycles. The fraction of sp³-hybridized carbons (Fsp3) is 0.833. The van der Waals surface area contributed by atoms with Crippen molar-refractivity contribution in [3.8, 4) is 0 Å². The van der Waals surface area contributed by atoms with E-state index in [0.717, 1.165) is 13.2 Å². The van der Waals surface area contributed by atoms with Gasteiger partial charge in [0, 0.05) is 6.54 Å². The molecule has 2 aliphatic rings. The van der Waals surface area contributed by atoms with Crippen molar-refractivity contribution in [2.24, 2.45) is 4.99 Å². The molecule has 10 heavy (non-hydrogen) atoms. The molecule has 1 atom stereocenters. The molecule has 3 nitrogen and oxygen atoms in total. The molecule has 2 rings (SSSR count). The van der Waals surface area contributed by atoms with Gasteiger partial charge in [-0.1, -0.05) is 0 Å². The van der Waals surface area contributed by atoms with Gasteiger partial charge in [0.15, 0.2) is 0 Å². The molecule has 4 heteroatoms. The molecule has 1 fully saturated rings. The second-order valence-corrected chi connectivity index (χ2v) is 3.46. The van der Waals surface area contributed by atoms with Crippen molar-refractivity contribution in [3.05, 3.63) is 0 Å². The Balaban J connectivity index is 2.06. The Morgan fingerprint density at radius 3 is 3.60 bits per heavy atom. The summed E-state index contributed by atoms with van der Waals surface area (Å²) in [5.41, 5.74) is 0. The van der Waals surface area contributed by atoms with Crippen molar-refractivity contribution in [1.29, 1.82) is 0 Å². The number of rotatable bonds is 0. The van der Waals surface area contributed by atoms with Crippen LogP contribution >= 0.6 is 11.9 Å². The van der Waals surface area contributed by atoms with Gasteiger partial charge in [0.2, 0.25) is 0 Å². The summed E-state index contributed by atoms with van der Waals surface area (Å²) < 4.78 is 3.26. The second-order valence-electron chi connectivity index (χ2n) is 2.55. The zero-order chi connectivity index (χ0) is 6.81. The number of nitrogens with one attached hydrogen (secondary N) is 2. The van der Waals surface area contributed by atoms with Gasteiger partial charge in [-0.2, -0.15) is 0 Å². The van der Waals surface area contributed by atoms with E-state index in [1.165, 1.54) is 17.9 Å². The van der Waals surface area contributed by atoms with Gasteiger partial charge in [-0.25, -0.2) is 0 Å². The third-order valence-electron chi connectivity index (χ3n) is 1.82. The van der Waals surface area contributed by atoms with Crippen LogP contribution in [0.4, 0.5) is 0 Å². The molecule has 2 N–H and O–H groups in total. The first-order chi connectivity index (χ1) is 4.97. The Bertz CT molecular complexity index is 157. The van der Waals surface area contributed by atoms with Gasteiger partial charge < -0.3 is 0 Å². The quantitative estimate of drug-likeness (QED) is 0.498. The Morgan fingerprint density at radius 2 is 2.60 bits per heavy atom. The molecule has 0 aliphatic carbocycles. The van der Waals surface area contributed by atoms with E-state index < -0.39 is 0 Å². The highest BCUT2D eigenvalue weighted by Gasteiger charge is 2.22. The van der Waals surface area contributed by atoms with Crippen LogP contribution in [-0.4, -0.2) is 24.3 Å². The van der Waals surface area contributed by atoms with Crippen LogP contribution in [0.5, 0.6) is 0 Å². The average molecular weight is 157 g/mol. The summed E-state index contributed by atoms with van der Waals surface area (Å²) in [4.78, 5) is 4.32. The Kier molecular flexibility index (Phi) is 1.93. The van der Waals surface area contributed by atoms with E-state index in [2.05, 4.69) is 15.0 Å². The first kappa shape index (κ1) is 6.64. The summed E-state index contributed by atoms with van der Waals surface area (Å²) in [6.45, 7) is 1.93. The molecule has 0 bridgehead atoms. The van der Waals surface area contributed by atoms with Crippen LogP contribution in [0.1, 0.15) is 12.8 Å². The molecule has 0 amide bonds. The Labute approximate surface area is 64.8 Å². The molecule has 1 unspecified atom stereocenters. The molecule has 2 heterocycles. The van der Waals surface area contributed by atoms with Crippen LogP contribution in [0.2, 0.25) is 0 Å². The number of hydrogen-bond acceptors (Lipinski definition) is 4. The smallest absolute Gasteiger partial charge is 0.101 e. The van der Waals surface area contributed by atoms with Crippen LogP contribution in [-0.2, 0) is 0 Å². The fourth-order valence-corrected chi connectivity index (χ4v) is 2.13. The minimum atomic E-state index is 0.556. The maximum Gasteiger partial charge on any atom is 0.101 e. The van der Waals surface area contributed by atoms with Gasteiger partial charge in [-0.15, -0.1) is 0 Å². The van der Waals surface area contributed by atoms with E-state index >= 15 is 0 Å². The highest BCUT2D eigenvalue weighted by molar-refractivity contribution is 8.12. The standard InChI is InChI=1S/C6H11N3S/c1-2-5-6(8-4-7-5)10-9-3-1/h5,7,9H,1-4H2. The summed E-state index contributed by atoms with van der Waals surface area (Å²) in [5.74, 6) is 0. The molecule has 0 aromatic heterocycles. The van der Waals surface area contributed by atoms with Crippen LogP contribution in [0, 0.1) is 0 Å². The third kappa shape index (κ3) is 1.19. The predicted octanol–water partition coefficient (Wildman–Crippen LogP) is 0.346. The van der Waals surface area contributed by atoms with E-state index in [4.69, 9.17) is 0 Å². The molecule has 0 saturated carbocycles. The van der Waals surface area contributed by atoms with Crippen molar-refractivity contribution in [1.82, 2.24) is 10.0 Å². The van der Waals surface area contributed by atoms with Gasteiger partial charge in [0.05, 0.1) is 12.7 Å². The van der Waals surface area contributed by atoms with Gasteiger partial charge in [0.25, 0.3) is 0 Å². The molecule has 56 valence electrons. The highest BCUT2D eigenvalue weighted by Crippen LogP contribution is 2.16. The first-order valence-electron chi connectivity index (χ1n) is 3.64. The lowest BCUT2D eigenvalue weighted by Crippen LogP contribution is -2.27. The number of fused-ring (bicyclic) bond motifs is 1. The maximum atomic E-state index is 4.32. The van der Waals surface area contributed by atoms with Crippen LogP contribution in [0.3, 0.4) is 0 Å². The van der Waals surface area contributed by atoms with E-state index in [9.17, 15) is 0 Å². The first-order valence-corrected chi connectivity index (χ1v) is 4.46. The molecule has 0 spiro atoms. The van der Waals surface area contributed by atoms with Crippen LogP contribution in [0.25, 0.3) is 0 Å². The average Bonchev–Trinajstić information content (AvgIpc) is 2.28. The number of aliphatic imine (C=N–C) groups is 1. The van der Waals surface area contributed by atoms with E-state index in [1.54, 1.807) is 11.9 Å². The number of hydrogen-bond donors (Lipinski definition) is 2. The zero-order valence-corrected chi connectivity index (χ0v) is 6.58. The monoisotopic (exact) mass is 157 g/mol. The summed E-state index contributed by atoms with van der Waals surface area (Å²) in [6, 6.07) is 0.556. The Hall–Kier alpha value is -0.0600. The van der Waals surface area contributed by atoms with Gasteiger partial charge in [-0.05, 0) is 24.8 Å². The van der Waals surface area contributed by atoms with E-state index in [-0.39, 0.29) is 0 Å². The van der Waals surface area contributed by atoms with Gasteiger partial charge >= 0.3 is 0 Å². The molecule has 0 aromatic rings. The highest BCUT2D eigenvalue weighted by atomic mass is 32.2. The van der Waals surface area contributed by atoms with E-state index in [1.807, 2.05) is 0 Å². The predicted molar refractivity (Wildman–Crippen MR) is 44.1 cm³/mol. The Morgan fingerprint density at radius 1 is 1.60 bits per heavy atom. The lowest BCUT2D eigenvalue weighted by atomic mass is 10.2. The lowest BCUT2D eigenvalue weighted by molar-refractivity contribution is 0.607. The van der Waals surface area contributed by atoms with Crippen LogP contribution < -0.4 is 10.0 Å². The summed E-state index contributed by atoms with van der Waals surface area (Å²) >= 11 is 1.69. The lowest BCUT2D eigenvalue weighted by Gasteiger charge is -2.06. The molecule has 1 saturated heterocycles. The fourth-order valence-electron chi connectivity index (χ4n) is 1.26. The van der Waals surface area contributed by atoms with Crippen molar-refractivity contribution in [2.45, 2.75) is 18.9 Å². The van der Waals surface area contributed by atoms with Gasteiger partial charge in [-0.3, -0.25) is 15.0 Å². The van der Waals surface area contributed by atoms with Crippen LogP contribution in [0.15, 0.2) is 4.99 Å². The van der Waals surface area contributed by atoms with Crippen molar-refractivity contribution in [3.63, 3.8) is 0 Å². The summed E-state index contributed by atoms with van der Waals surface area (Å²) in [6.07, 6.45) is 2.49. The normalized spacial score (nSPS) is 32.8. The SMILES string of the molecule is C1CNSC2=NCNC2C1. The largest absolute Gasteiger partial charge is 0.289 e. The van der Waals surface area contributed by atoms with E-state index in [0.29, 0.717) is 6.04 Å². The molecular formula is C6H11N3S. The topological polar surface area (TPSA) is 36.4 Å². The molecular weight excluding hydrogens is 146 g/mol. The number of nitrogens with zero attached hydrogens (tertiary/aromatic N) is 1. The zero-order valence-electron chi connectivity index (χ0n) is 5.76. The summed E-state index contributed by atoms with van der Waals surface area (Å²) in [7, 11) is 0. The molecule has 0 aromatic carbocycles.